The second-order valence-corrected chi connectivity index (χ2v) is 4.50. The van der Waals surface area contributed by atoms with Crippen molar-refractivity contribution in [3.05, 3.63) is 38.7 Å². The molecule has 0 aliphatic heterocycles. The van der Waals surface area contributed by atoms with Gasteiger partial charge in [-0.2, -0.15) is 11.3 Å². The quantitative estimate of drug-likeness (QED) is 0.709. The molecular formula is C9H5BrClNS. The van der Waals surface area contributed by atoms with Crippen molar-refractivity contribution < 1.29 is 0 Å². The average molecular weight is 275 g/mol. The van der Waals surface area contributed by atoms with E-state index >= 15 is 0 Å². The van der Waals surface area contributed by atoms with E-state index in [2.05, 4.69) is 26.3 Å². The Balaban J connectivity index is 2.53. The largest absolute Gasteiger partial charge is 0.249 e. The Hall–Kier alpha value is -0.380. The lowest BCUT2D eigenvalue weighted by atomic mass is 10.2. The van der Waals surface area contributed by atoms with Crippen LogP contribution in [0, 0.1) is 0 Å². The van der Waals surface area contributed by atoms with Crippen LogP contribution in [-0.2, 0) is 0 Å². The molecule has 2 rings (SSSR count). The fourth-order valence-electron chi connectivity index (χ4n) is 1.04. The molecule has 0 aromatic carbocycles. The highest BCUT2D eigenvalue weighted by Crippen LogP contribution is 2.30. The Bertz CT molecular complexity index is 414. The Labute approximate surface area is 93.5 Å². The van der Waals surface area contributed by atoms with Crippen LogP contribution in [0.3, 0.4) is 0 Å². The number of aromatic nitrogens is 1. The number of halogens is 2. The van der Waals surface area contributed by atoms with E-state index < -0.39 is 0 Å². The van der Waals surface area contributed by atoms with E-state index in [0.29, 0.717) is 0 Å². The van der Waals surface area contributed by atoms with Crippen LogP contribution in [-0.4, -0.2) is 4.98 Å². The Morgan fingerprint density at radius 3 is 2.92 bits per heavy atom. The first-order valence-electron chi connectivity index (χ1n) is 3.61. The summed E-state index contributed by atoms with van der Waals surface area (Å²) in [6.45, 7) is 0. The molecule has 2 aromatic rings. The molecule has 2 heterocycles. The number of rotatable bonds is 1. The van der Waals surface area contributed by atoms with Crippen molar-refractivity contribution in [2.24, 2.45) is 0 Å². The van der Waals surface area contributed by atoms with Gasteiger partial charge < -0.3 is 0 Å². The molecule has 13 heavy (non-hydrogen) atoms. The monoisotopic (exact) mass is 273 g/mol. The average Bonchev–Trinajstić information content (AvgIpc) is 2.56. The van der Waals surface area contributed by atoms with E-state index in [9.17, 15) is 0 Å². The van der Waals surface area contributed by atoms with Crippen molar-refractivity contribution in [1.29, 1.82) is 0 Å². The van der Waals surface area contributed by atoms with Gasteiger partial charge in [-0.25, -0.2) is 4.98 Å². The summed E-state index contributed by atoms with van der Waals surface area (Å²) in [5.74, 6) is 0. The zero-order valence-corrected chi connectivity index (χ0v) is 9.66. The number of thiophene rings is 1. The van der Waals surface area contributed by atoms with Crippen LogP contribution in [0.4, 0.5) is 0 Å². The first-order valence-corrected chi connectivity index (χ1v) is 5.72. The molecule has 0 atom stereocenters. The molecule has 0 unspecified atom stereocenters. The third-order valence-electron chi connectivity index (χ3n) is 1.65. The molecule has 2 aromatic heterocycles. The fourth-order valence-corrected chi connectivity index (χ4v) is 2.42. The normalized spacial score (nSPS) is 10.3. The second-order valence-electron chi connectivity index (χ2n) is 2.50. The maximum absolute atomic E-state index is 6.06. The van der Waals surface area contributed by atoms with Gasteiger partial charge in [0.25, 0.3) is 0 Å². The Morgan fingerprint density at radius 1 is 1.46 bits per heavy atom. The Kier molecular flexibility index (Phi) is 2.67. The fraction of sp³-hybridized carbons (Fsp3) is 0. The molecule has 0 N–H and O–H groups in total. The lowest BCUT2D eigenvalue weighted by Gasteiger charge is -2.00. The van der Waals surface area contributed by atoms with Crippen molar-refractivity contribution in [3.63, 3.8) is 0 Å². The third kappa shape index (κ3) is 1.93. The summed E-state index contributed by atoms with van der Waals surface area (Å²) in [7, 11) is 0. The van der Waals surface area contributed by atoms with Crippen molar-refractivity contribution in [2.45, 2.75) is 0 Å². The lowest BCUT2D eigenvalue weighted by molar-refractivity contribution is 1.28. The van der Waals surface area contributed by atoms with Gasteiger partial charge in [0.1, 0.15) is 4.60 Å². The highest BCUT2D eigenvalue weighted by Gasteiger charge is 2.04. The second kappa shape index (κ2) is 3.78. The molecule has 0 aliphatic rings. The van der Waals surface area contributed by atoms with Gasteiger partial charge in [-0.05, 0) is 44.4 Å². The van der Waals surface area contributed by atoms with Crippen molar-refractivity contribution in [2.75, 3.05) is 0 Å². The standard InChI is InChI=1S/C9H5BrClNS/c10-9-3-8(11)7(4-12-9)6-1-2-13-5-6/h1-5H. The van der Waals surface area contributed by atoms with E-state index in [-0.39, 0.29) is 0 Å². The van der Waals surface area contributed by atoms with Gasteiger partial charge in [-0.1, -0.05) is 11.6 Å². The van der Waals surface area contributed by atoms with Crippen LogP contribution < -0.4 is 0 Å². The molecule has 4 heteroatoms. The molecule has 0 saturated heterocycles. The predicted octanol–water partition coefficient (Wildman–Crippen LogP) is 4.23. The lowest BCUT2D eigenvalue weighted by Crippen LogP contribution is -1.80. The minimum Gasteiger partial charge on any atom is -0.249 e. The van der Waals surface area contributed by atoms with Crippen LogP contribution in [0.5, 0.6) is 0 Å². The first kappa shape index (κ1) is 9.19. The van der Waals surface area contributed by atoms with Crippen LogP contribution >= 0.6 is 38.9 Å². The summed E-state index contributed by atoms with van der Waals surface area (Å²) in [6, 6.07) is 3.83. The summed E-state index contributed by atoms with van der Waals surface area (Å²) < 4.78 is 0.761. The molecule has 66 valence electrons. The van der Waals surface area contributed by atoms with Gasteiger partial charge in [-0.15, -0.1) is 0 Å². The summed E-state index contributed by atoms with van der Waals surface area (Å²) in [6.07, 6.45) is 1.77. The van der Waals surface area contributed by atoms with Gasteiger partial charge >= 0.3 is 0 Å². The Morgan fingerprint density at radius 2 is 2.31 bits per heavy atom. The van der Waals surface area contributed by atoms with E-state index in [4.69, 9.17) is 11.6 Å². The molecular weight excluding hydrogens is 270 g/mol. The van der Waals surface area contributed by atoms with E-state index in [1.807, 2.05) is 11.4 Å². The van der Waals surface area contributed by atoms with Crippen molar-refractivity contribution in [1.82, 2.24) is 4.98 Å². The minimum absolute atomic E-state index is 0.722. The predicted molar refractivity (Wildman–Crippen MR) is 60.3 cm³/mol. The van der Waals surface area contributed by atoms with Crippen LogP contribution in [0.2, 0.25) is 5.02 Å². The summed E-state index contributed by atoms with van der Waals surface area (Å²) >= 11 is 11.0. The number of hydrogen-bond acceptors (Lipinski definition) is 2. The first-order chi connectivity index (χ1) is 6.27. The molecule has 0 spiro atoms. The maximum Gasteiger partial charge on any atom is 0.107 e. The van der Waals surface area contributed by atoms with E-state index in [1.54, 1.807) is 23.6 Å². The molecule has 0 bridgehead atoms. The molecule has 0 amide bonds. The smallest absolute Gasteiger partial charge is 0.107 e. The van der Waals surface area contributed by atoms with Gasteiger partial charge in [0.05, 0.1) is 5.02 Å². The maximum atomic E-state index is 6.06. The highest BCUT2D eigenvalue weighted by atomic mass is 79.9. The molecule has 0 radical (unpaired) electrons. The summed E-state index contributed by atoms with van der Waals surface area (Å²) in [5, 5.41) is 4.80. The molecule has 1 nitrogen and oxygen atoms in total. The van der Waals surface area contributed by atoms with Crippen LogP contribution in [0.1, 0.15) is 0 Å². The van der Waals surface area contributed by atoms with E-state index in [0.717, 1.165) is 20.8 Å². The zero-order valence-electron chi connectivity index (χ0n) is 6.50. The number of nitrogens with zero attached hydrogens (tertiary/aromatic N) is 1. The third-order valence-corrected chi connectivity index (χ3v) is 3.08. The van der Waals surface area contributed by atoms with Crippen LogP contribution in [0.15, 0.2) is 33.7 Å². The topological polar surface area (TPSA) is 12.9 Å². The number of hydrogen-bond donors (Lipinski definition) is 0. The number of pyridine rings is 1. The summed E-state index contributed by atoms with van der Waals surface area (Å²) in [4.78, 5) is 4.13. The molecule has 0 fully saturated rings. The minimum atomic E-state index is 0.722. The van der Waals surface area contributed by atoms with Gasteiger partial charge in [0.15, 0.2) is 0 Å². The van der Waals surface area contributed by atoms with Crippen LogP contribution in [0.25, 0.3) is 11.1 Å². The van der Waals surface area contributed by atoms with Gasteiger partial charge in [0.2, 0.25) is 0 Å². The van der Waals surface area contributed by atoms with Crippen molar-refractivity contribution in [3.8, 4) is 11.1 Å². The highest BCUT2D eigenvalue weighted by molar-refractivity contribution is 9.10. The van der Waals surface area contributed by atoms with Crippen molar-refractivity contribution >= 4 is 38.9 Å². The van der Waals surface area contributed by atoms with E-state index in [1.165, 1.54) is 0 Å². The molecule has 0 saturated carbocycles. The summed E-state index contributed by atoms with van der Waals surface area (Å²) in [5.41, 5.74) is 2.10. The van der Waals surface area contributed by atoms with Gasteiger partial charge in [0, 0.05) is 11.8 Å². The SMILES string of the molecule is Clc1cc(Br)ncc1-c1ccsc1. The molecule has 0 aliphatic carbocycles. The zero-order chi connectivity index (χ0) is 9.26. The van der Waals surface area contributed by atoms with Gasteiger partial charge in [-0.3, -0.25) is 0 Å².